The molecule has 2 unspecified atom stereocenters. The minimum Gasteiger partial charge on any atom is -0.474 e. The molecule has 0 radical (unpaired) electrons. The molecule has 0 amide bonds. The Morgan fingerprint density at radius 3 is 2.95 bits per heavy atom. The highest BCUT2D eigenvalue weighted by atomic mass is 19.1. The Morgan fingerprint density at radius 2 is 2.24 bits per heavy atom. The van der Waals surface area contributed by atoms with Gasteiger partial charge < -0.3 is 4.74 Å². The summed E-state index contributed by atoms with van der Waals surface area (Å²) in [5.41, 5.74) is -0.382. The van der Waals surface area contributed by atoms with Gasteiger partial charge in [0.1, 0.15) is 30.8 Å². The minimum atomic E-state index is -1.15. The molecule has 0 aromatic carbocycles. The summed E-state index contributed by atoms with van der Waals surface area (Å²) in [6.45, 7) is 3.50. The van der Waals surface area contributed by atoms with Gasteiger partial charge in [-0.05, 0) is 33.1 Å². The molecule has 0 bridgehead atoms. The zero-order valence-electron chi connectivity index (χ0n) is 12.2. The molecular weight excluding hydrogens is 273 g/mol. The predicted octanol–water partition coefficient (Wildman–Crippen LogP) is 2.42. The molecular formula is C14H18FN5O. The summed E-state index contributed by atoms with van der Waals surface area (Å²) in [6.07, 6.45) is 6.97. The smallest absolute Gasteiger partial charge is 0.221 e. The van der Waals surface area contributed by atoms with E-state index in [9.17, 15) is 4.39 Å². The van der Waals surface area contributed by atoms with Crippen LogP contribution in [0.15, 0.2) is 19.0 Å². The maximum Gasteiger partial charge on any atom is 0.221 e. The van der Waals surface area contributed by atoms with Crippen molar-refractivity contribution in [3.63, 3.8) is 0 Å². The second kappa shape index (κ2) is 5.38. The van der Waals surface area contributed by atoms with Crippen LogP contribution >= 0.6 is 0 Å². The number of ether oxygens (including phenoxy) is 1. The third-order valence-electron chi connectivity index (χ3n) is 3.80. The van der Waals surface area contributed by atoms with Crippen LogP contribution in [-0.2, 0) is 0 Å². The average molecular weight is 291 g/mol. The molecule has 2 aromatic rings. The summed E-state index contributed by atoms with van der Waals surface area (Å²) >= 11 is 0. The molecule has 21 heavy (non-hydrogen) atoms. The lowest BCUT2D eigenvalue weighted by Gasteiger charge is -2.32. The van der Waals surface area contributed by atoms with Crippen molar-refractivity contribution >= 4 is 0 Å². The first kappa shape index (κ1) is 13.9. The molecule has 1 fully saturated rings. The minimum absolute atomic E-state index is 0.147. The Labute approximate surface area is 122 Å². The van der Waals surface area contributed by atoms with Crippen LogP contribution in [0.25, 0.3) is 5.82 Å². The Balaban J connectivity index is 1.82. The number of nitrogens with zero attached hydrogens (tertiary/aromatic N) is 5. The van der Waals surface area contributed by atoms with E-state index in [4.69, 9.17) is 4.74 Å². The van der Waals surface area contributed by atoms with E-state index in [0.29, 0.717) is 24.5 Å². The molecule has 0 spiro atoms. The van der Waals surface area contributed by atoms with Crippen molar-refractivity contribution in [2.24, 2.45) is 0 Å². The number of halogens is 1. The van der Waals surface area contributed by atoms with Gasteiger partial charge in [0.2, 0.25) is 5.88 Å². The van der Waals surface area contributed by atoms with E-state index in [1.54, 1.807) is 17.9 Å². The van der Waals surface area contributed by atoms with Gasteiger partial charge in [0, 0.05) is 6.42 Å². The van der Waals surface area contributed by atoms with Crippen molar-refractivity contribution in [2.45, 2.75) is 51.3 Å². The first-order chi connectivity index (χ1) is 10.1. The molecule has 112 valence electrons. The number of alkyl halides is 1. The van der Waals surface area contributed by atoms with Gasteiger partial charge in [0.05, 0.1) is 5.56 Å². The standard InChI is InChI=1S/C14H18FN5O/c1-10-12(20-9-16-7-19-20)17-8-18-13(10)21-11-4-3-5-14(2,15)6-11/h7-9,11H,3-6H2,1-2H3. The fourth-order valence-corrected chi connectivity index (χ4v) is 2.73. The highest BCUT2D eigenvalue weighted by Crippen LogP contribution is 2.34. The fourth-order valence-electron chi connectivity index (χ4n) is 2.73. The van der Waals surface area contributed by atoms with Crippen LogP contribution in [0.5, 0.6) is 5.88 Å². The Bertz CT molecular complexity index is 614. The molecule has 1 aliphatic carbocycles. The molecule has 3 rings (SSSR count). The third-order valence-corrected chi connectivity index (χ3v) is 3.80. The summed E-state index contributed by atoms with van der Waals surface area (Å²) in [6, 6.07) is 0. The van der Waals surface area contributed by atoms with E-state index in [1.165, 1.54) is 12.7 Å². The van der Waals surface area contributed by atoms with E-state index in [2.05, 4.69) is 20.1 Å². The molecule has 2 aromatic heterocycles. The SMILES string of the molecule is Cc1c(OC2CCCC(C)(F)C2)ncnc1-n1cncn1. The van der Waals surface area contributed by atoms with Crippen LogP contribution < -0.4 is 4.74 Å². The van der Waals surface area contributed by atoms with Crippen LogP contribution in [-0.4, -0.2) is 36.5 Å². The van der Waals surface area contributed by atoms with Gasteiger partial charge in [-0.2, -0.15) is 5.10 Å². The lowest BCUT2D eigenvalue weighted by Crippen LogP contribution is -2.34. The summed E-state index contributed by atoms with van der Waals surface area (Å²) in [5, 5.41) is 4.06. The largest absolute Gasteiger partial charge is 0.474 e. The average Bonchev–Trinajstić information content (AvgIpc) is 2.94. The summed E-state index contributed by atoms with van der Waals surface area (Å²) in [5.74, 6) is 1.11. The van der Waals surface area contributed by atoms with Crippen molar-refractivity contribution < 1.29 is 9.13 Å². The first-order valence-corrected chi connectivity index (χ1v) is 7.07. The number of hydrogen-bond donors (Lipinski definition) is 0. The van der Waals surface area contributed by atoms with Crippen LogP contribution in [0.4, 0.5) is 4.39 Å². The quantitative estimate of drug-likeness (QED) is 0.869. The summed E-state index contributed by atoms with van der Waals surface area (Å²) in [7, 11) is 0. The topological polar surface area (TPSA) is 65.7 Å². The van der Waals surface area contributed by atoms with Crippen LogP contribution in [0, 0.1) is 6.92 Å². The van der Waals surface area contributed by atoms with E-state index in [0.717, 1.165) is 18.4 Å². The Morgan fingerprint density at radius 1 is 1.38 bits per heavy atom. The second-order valence-corrected chi connectivity index (χ2v) is 5.72. The number of rotatable bonds is 3. The summed E-state index contributed by atoms with van der Waals surface area (Å²) < 4.78 is 21.6. The van der Waals surface area contributed by atoms with E-state index in [-0.39, 0.29) is 6.10 Å². The first-order valence-electron chi connectivity index (χ1n) is 7.07. The Kier molecular flexibility index (Phi) is 3.57. The molecule has 2 atom stereocenters. The lowest BCUT2D eigenvalue weighted by atomic mass is 9.86. The van der Waals surface area contributed by atoms with E-state index >= 15 is 0 Å². The van der Waals surface area contributed by atoms with Gasteiger partial charge in [-0.25, -0.2) is 24.0 Å². The monoisotopic (exact) mass is 291 g/mol. The lowest BCUT2D eigenvalue weighted by molar-refractivity contribution is 0.0405. The maximum atomic E-state index is 14.1. The Hall–Kier alpha value is -2.05. The van der Waals surface area contributed by atoms with Gasteiger partial charge in [-0.1, -0.05) is 0 Å². The highest BCUT2D eigenvalue weighted by Gasteiger charge is 2.33. The maximum absolute atomic E-state index is 14.1. The highest BCUT2D eigenvalue weighted by molar-refractivity contribution is 5.37. The van der Waals surface area contributed by atoms with Crippen molar-refractivity contribution in [3.05, 3.63) is 24.5 Å². The molecule has 1 aliphatic rings. The van der Waals surface area contributed by atoms with Crippen LogP contribution in [0.3, 0.4) is 0 Å². The van der Waals surface area contributed by atoms with Crippen molar-refractivity contribution in [2.75, 3.05) is 0 Å². The van der Waals surface area contributed by atoms with E-state index < -0.39 is 5.67 Å². The molecule has 6 nitrogen and oxygen atoms in total. The van der Waals surface area contributed by atoms with Crippen molar-refractivity contribution in [1.29, 1.82) is 0 Å². The molecule has 0 N–H and O–H groups in total. The number of hydrogen-bond acceptors (Lipinski definition) is 5. The zero-order valence-corrected chi connectivity index (χ0v) is 12.2. The molecule has 2 heterocycles. The normalized spacial score (nSPS) is 25.8. The molecule has 7 heteroatoms. The third kappa shape index (κ3) is 3.01. The van der Waals surface area contributed by atoms with Gasteiger partial charge >= 0.3 is 0 Å². The zero-order chi connectivity index (χ0) is 14.9. The van der Waals surface area contributed by atoms with Gasteiger partial charge in [0.15, 0.2) is 5.82 Å². The predicted molar refractivity (Wildman–Crippen MR) is 74.1 cm³/mol. The van der Waals surface area contributed by atoms with Crippen molar-refractivity contribution in [1.82, 2.24) is 24.7 Å². The van der Waals surface area contributed by atoms with Crippen LogP contribution in [0.1, 0.15) is 38.2 Å². The van der Waals surface area contributed by atoms with Gasteiger partial charge in [0.25, 0.3) is 0 Å². The fraction of sp³-hybridized carbons (Fsp3) is 0.571. The van der Waals surface area contributed by atoms with Crippen molar-refractivity contribution in [3.8, 4) is 11.7 Å². The molecule has 0 aliphatic heterocycles. The summed E-state index contributed by atoms with van der Waals surface area (Å²) in [4.78, 5) is 12.3. The molecule has 0 saturated heterocycles. The van der Waals surface area contributed by atoms with E-state index in [1.807, 2.05) is 6.92 Å². The van der Waals surface area contributed by atoms with Gasteiger partial charge in [-0.3, -0.25) is 0 Å². The molecule has 1 saturated carbocycles. The van der Waals surface area contributed by atoms with Gasteiger partial charge in [-0.15, -0.1) is 0 Å². The van der Waals surface area contributed by atoms with Crippen LogP contribution in [0.2, 0.25) is 0 Å². The second-order valence-electron chi connectivity index (χ2n) is 5.72. The number of aromatic nitrogens is 5.